The molecule has 0 aliphatic carbocycles. The van der Waals surface area contributed by atoms with Crippen LogP contribution in [-0.4, -0.2) is 4.98 Å². The quantitative estimate of drug-likeness (QED) is 0.612. The molecule has 5 heteroatoms. The van der Waals surface area contributed by atoms with Crippen molar-refractivity contribution in [2.45, 2.75) is 6.18 Å². The van der Waals surface area contributed by atoms with Crippen molar-refractivity contribution >= 4 is 21.6 Å². The van der Waals surface area contributed by atoms with E-state index in [9.17, 15) is 13.2 Å². The summed E-state index contributed by atoms with van der Waals surface area (Å²) in [4.78, 5) is 4.28. The minimum atomic E-state index is -4.35. The third-order valence-electron chi connectivity index (χ3n) is 2.74. The van der Waals surface area contributed by atoms with Gasteiger partial charge in [0.05, 0.1) is 15.8 Å². The summed E-state index contributed by atoms with van der Waals surface area (Å²) < 4.78 is 38.9. The lowest BCUT2D eigenvalue weighted by Gasteiger charge is -2.06. The minimum absolute atomic E-state index is 0.189. The summed E-state index contributed by atoms with van der Waals surface area (Å²) in [5.41, 5.74) is 0.597. The number of rotatable bonds is 1. The maximum absolute atomic E-state index is 12.9. The molecule has 0 fully saturated rings. The Labute approximate surface area is 111 Å². The largest absolute Gasteiger partial charge is 0.417 e. The predicted octanol–water partition coefficient (Wildman–Crippen LogP) is 4.98. The highest BCUT2D eigenvalue weighted by molar-refractivity contribution is 7.21. The van der Waals surface area contributed by atoms with E-state index in [1.807, 2.05) is 30.3 Å². The highest BCUT2D eigenvalue weighted by Gasteiger charge is 2.33. The first-order valence-corrected chi connectivity index (χ1v) is 6.39. The van der Waals surface area contributed by atoms with Gasteiger partial charge in [-0.25, -0.2) is 4.98 Å². The van der Waals surface area contributed by atoms with Crippen LogP contribution >= 0.6 is 11.3 Å². The molecule has 0 N–H and O–H groups in total. The summed E-state index contributed by atoms with van der Waals surface area (Å²) in [6, 6.07) is 13.3. The second kappa shape index (κ2) is 4.35. The Bertz CT molecular complexity index is 716. The smallest absolute Gasteiger partial charge is 0.236 e. The van der Waals surface area contributed by atoms with Gasteiger partial charge in [-0.2, -0.15) is 13.2 Å². The highest BCUT2D eigenvalue weighted by Crippen LogP contribution is 2.39. The van der Waals surface area contributed by atoms with E-state index >= 15 is 0 Å². The van der Waals surface area contributed by atoms with Crippen LogP contribution in [0.5, 0.6) is 0 Å². The summed E-state index contributed by atoms with van der Waals surface area (Å²) >= 11 is 1.07. The van der Waals surface area contributed by atoms with Crippen LogP contribution < -0.4 is 0 Å². The molecule has 96 valence electrons. The Balaban J connectivity index is 2.22. The van der Waals surface area contributed by atoms with Crippen molar-refractivity contribution in [1.29, 1.82) is 0 Å². The Morgan fingerprint density at radius 1 is 0.895 bits per heavy atom. The first-order chi connectivity index (χ1) is 9.05. The molecule has 19 heavy (non-hydrogen) atoms. The molecule has 0 atom stereocenters. The topological polar surface area (TPSA) is 12.9 Å². The number of fused-ring (bicyclic) bond motifs is 1. The molecule has 0 bridgehead atoms. The van der Waals surface area contributed by atoms with Crippen LogP contribution in [0, 0.1) is 0 Å². The fourth-order valence-corrected chi connectivity index (χ4v) is 2.98. The normalized spacial score (nSPS) is 11.9. The van der Waals surface area contributed by atoms with Crippen molar-refractivity contribution in [2.24, 2.45) is 0 Å². The monoisotopic (exact) mass is 279 g/mol. The van der Waals surface area contributed by atoms with Gasteiger partial charge in [0, 0.05) is 5.56 Å². The molecule has 0 saturated carbocycles. The maximum atomic E-state index is 12.9. The van der Waals surface area contributed by atoms with E-state index in [4.69, 9.17) is 0 Å². The van der Waals surface area contributed by atoms with Gasteiger partial charge >= 0.3 is 6.18 Å². The fourth-order valence-electron chi connectivity index (χ4n) is 1.88. The Kier molecular flexibility index (Phi) is 2.78. The predicted molar refractivity (Wildman–Crippen MR) is 70.1 cm³/mol. The van der Waals surface area contributed by atoms with E-state index in [0.29, 0.717) is 10.5 Å². The molecule has 0 saturated heterocycles. The molecule has 1 aromatic heterocycles. The number of halogens is 3. The van der Waals surface area contributed by atoms with Crippen molar-refractivity contribution in [2.75, 3.05) is 0 Å². The lowest BCUT2D eigenvalue weighted by molar-refractivity contribution is -0.136. The van der Waals surface area contributed by atoms with Crippen LogP contribution in [0.3, 0.4) is 0 Å². The SMILES string of the molecule is FC(F)(F)c1cccc2nc(-c3ccccc3)sc12. The highest BCUT2D eigenvalue weighted by atomic mass is 32.1. The molecule has 0 radical (unpaired) electrons. The van der Waals surface area contributed by atoms with Gasteiger partial charge in [0.1, 0.15) is 5.01 Å². The van der Waals surface area contributed by atoms with Crippen LogP contribution in [0.2, 0.25) is 0 Å². The van der Waals surface area contributed by atoms with Gasteiger partial charge < -0.3 is 0 Å². The van der Waals surface area contributed by atoms with Crippen LogP contribution in [-0.2, 0) is 6.18 Å². The van der Waals surface area contributed by atoms with Crippen molar-refractivity contribution in [1.82, 2.24) is 4.98 Å². The lowest BCUT2D eigenvalue weighted by atomic mass is 10.2. The average molecular weight is 279 g/mol. The van der Waals surface area contributed by atoms with Gasteiger partial charge in [0.25, 0.3) is 0 Å². The van der Waals surface area contributed by atoms with Gasteiger partial charge in [0.15, 0.2) is 0 Å². The molecule has 0 unspecified atom stereocenters. The molecule has 1 nitrogen and oxygen atoms in total. The molecule has 3 aromatic rings. The van der Waals surface area contributed by atoms with E-state index in [1.54, 1.807) is 6.07 Å². The first-order valence-electron chi connectivity index (χ1n) is 5.58. The lowest BCUT2D eigenvalue weighted by Crippen LogP contribution is -2.04. The Morgan fingerprint density at radius 3 is 2.32 bits per heavy atom. The van der Waals surface area contributed by atoms with Crippen molar-refractivity contribution in [3.8, 4) is 10.6 Å². The molecule has 0 aliphatic heterocycles. The zero-order valence-corrected chi connectivity index (χ0v) is 10.4. The van der Waals surface area contributed by atoms with Crippen LogP contribution in [0.15, 0.2) is 48.5 Å². The van der Waals surface area contributed by atoms with Gasteiger partial charge in [-0.05, 0) is 12.1 Å². The number of benzene rings is 2. The Hall–Kier alpha value is -1.88. The number of nitrogens with zero attached hydrogens (tertiary/aromatic N) is 1. The second-order valence-electron chi connectivity index (χ2n) is 4.04. The molecule has 2 aromatic carbocycles. The van der Waals surface area contributed by atoms with Gasteiger partial charge in [0.2, 0.25) is 0 Å². The number of aromatic nitrogens is 1. The second-order valence-corrected chi connectivity index (χ2v) is 5.04. The van der Waals surface area contributed by atoms with Crippen molar-refractivity contribution < 1.29 is 13.2 Å². The van der Waals surface area contributed by atoms with Gasteiger partial charge in [-0.15, -0.1) is 11.3 Å². The molecular formula is C14H8F3NS. The molecule has 0 amide bonds. The van der Waals surface area contributed by atoms with E-state index < -0.39 is 11.7 Å². The van der Waals surface area contributed by atoms with Crippen LogP contribution in [0.4, 0.5) is 13.2 Å². The zero-order valence-electron chi connectivity index (χ0n) is 9.61. The van der Waals surface area contributed by atoms with Crippen molar-refractivity contribution in [3.63, 3.8) is 0 Å². The average Bonchev–Trinajstić information content (AvgIpc) is 2.82. The van der Waals surface area contributed by atoms with Crippen molar-refractivity contribution in [3.05, 3.63) is 54.1 Å². The Morgan fingerprint density at radius 2 is 1.63 bits per heavy atom. The summed E-state index contributed by atoms with van der Waals surface area (Å²) in [6.45, 7) is 0. The molecule has 1 heterocycles. The first kappa shape index (κ1) is 12.2. The zero-order chi connectivity index (χ0) is 13.5. The molecule has 0 spiro atoms. The summed E-state index contributed by atoms with van der Waals surface area (Å²) in [6.07, 6.45) is -4.35. The van der Waals surface area contributed by atoms with E-state index in [-0.39, 0.29) is 4.70 Å². The summed E-state index contributed by atoms with van der Waals surface area (Å²) in [7, 11) is 0. The van der Waals surface area contributed by atoms with E-state index in [2.05, 4.69) is 4.98 Å². The summed E-state index contributed by atoms with van der Waals surface area (Å²) in [5.74, 6) is 0. The fraction of sp³-hybridized carbons (Fsp3) is 0.0714. The number of thiazole rings is 1. The van der Waals surface area contributed by atoms with E-state index in [1.165, 1.54) is 6.07 Å². The number of hydrogen-bond acceptors (Lipinski definition) is 2. The van der Waals surface area contributed by atoms with E-state index in [0.717, 1.165) is 23.0 Å². The minimum Gasteiger partial charge on any atom is -0.236 e. The standard InChI is InChI=1S/C14H8F3NS/c15-14(16,17)10-7-4-8-11-12(10)19-13(18-11)9-5-2-1-3-6-9/h1-8H. The van der Waals surface area contributed by atoms with Gasteiger partial charge in [-0.1, -0.05) is 36.4 Å². The number of alkyl halides is 3. The maximum Gasteiger partial charge on any atom is 0.417 e. The van der Waals surface area contributed by atoms with Crippen LogP contribution in [0.25, 0.3) is 20.8 Å². The third-order valence-corrected chi connectivity index (χ3v) is 3.89. The molecule has 0 aliphatic rings. The van der Waals surface area contributed by atoms with Crippen LogP contribution in [0.1, 0.15) is 5.56 Å². The van der Waals surface area contributed by atoms with Gasteiger partial charge in [-0.3, -0.25) is 0 Å². The molecular weight excluding hydrogens is 271 g/mol. The third kappa shape index (κ3) is 2.21. The summed E-state index contributed by atoms with van der Waals surface area (Å²) in [5, 5.41) is 0.604. The number of hydrogen-bond donors (Lipinski definition) is 0. The molecule has 3 rings (SSSR count).